The number of likely N-dealkylation sites (tertiary alicyclic amines) is 1. The Bertz CT molecular complexity index is 1010. The number of nitrogens with zero attached hydrogens (tertiary/aromatic N) is 2. The molecular weight excluding hydrogens is 386 g/mol. The molecule has 160 valence electrons. The molecule has 1 aliphatic rings. The number of hydrogen-bond acceptors (Lipinski definition) is 4. The lowest BCUT2D eigenvalue weighted by atomic mass is 9.73. The maximum atomic E-state index is 12.5. The first-order valence-electron chi connectivity index (χ1n) is 10.7. The number of ether oxygens (including phenoxy) is 1. The van der Waals surface area contributed by atoms with Gasteiger partial charge >= 0.3 is 0 Å². The van der Waals surface area contributed by atoms with Crippen LogP contribution in [0.3, 0.4) is 0 Å². The highest BCUT2D eigenvalue weighted by atomic mass is 16.5. The summed E-state index contributed by atoms with van der Waals surface area (Å²) < 4.78 is 5.33. The van der Waals surface area contributed by atoms with Gasteiger partial charge in [-0.1, -0.05) is 42.5 Å². The van der Waals surface area contributed by atoms with Gasteiger partial charge in [0.15, 0.2) is 0 Å². The van der Waals surface area contributed by atoms with E-state index in [-0.39, 0.29) is 5.91 Å². The number of benzene rings is 2. The maximum Gasteiger partial charge on any atom is 0.224 e. The van der Waals surface area contributed by atoms with Crippen molar-refractivity contribution >= 4 is 5.91 Å². The van der Waals surface area contributed by atoms with Crippen LogP contribution in [0, 0.1) is 5.41 Å². The average Bonchev–Trinajstić information content (AvgIpc) is 2.81. The molecule has 2 aromatic carbocycles. The molecule has 0 bridgehead atoms. The van der Waals surface area contributed by atoms with Crippen LogP contribution in [0.25, 0.3) is 11.1 Å². The quantitative estimate of drug-likeness (QED) is 0.632. The molecule has 1 aromatic heterocycles. The normalized spacial score (nSPS) is 16.0. The second kappa shape index (κ2) is 9.31. The number of piperidine rings is 1. The van der Waals surface area contributed by atoms with Crippen molar-refractivity contribution in [3.05, 3.63) is 84.2 Å². The summed E-state index contributed by atoms with van der Waals surface area (Å²) in [7, 11) is 1.69. The van der Waals surface area contributed by atoms with E-state index >= 15 is 0 Å². The van der Waals surface area contributed by atoms with Crippen LogP contribution in [0.15, 0.2) is 73.1 Å². The molecule has 1 fully saturated rings. The third-order valence-electron chi connectivity index (χ3n) is 6.37. The van der Waals surface area contributed by atoms with Gasteiger partial charge in [-0.3, -0.25) is 14.7 Å². The van der Waals surface area contributed by atoms with Crippen molar-refractivity contribution in [3.8, 4) is 16.9 Å². The summed E-state index contributed by atoms with van der Waals surface area (Å²) in [6.45, 7) is 2.56. The van der Waals surface area contributed by atoms with Crippen molar-refractivity contribution in [2.45, 2.75) is 25.8 Å². The summed E-state index contributed by atoms with van der Waals surface area (Å²) in [4.78, 5) is 19.1. The Morgan fingerprint density at radius 1 is 1.03 bits per heavy atom. The third kappa shape index (κ3) is 4.94. The van der Waals surface area contributed by atoms with Crippen molar-refractivity contribution in [1.29, 1.82) is 0 Å². The van der Waals surface area contributed by atoms with Crippen LogP contribution in [-0.2, 0) is 17.8 Å². The number of carbonyl (C=O) groups excluding carboxylic acids is 1. The topological polar surface area (TPSA) is 68.4 Å². The van der Waals surface area contributed by atoms with Crippen LogP contribution in [0.4, 0.5) is 0 Å². The average molecular weight is 416 g/mol. The largest absolute Gasteiger partial charge is 0.497 e. The molecule has 0 unspecified atom stereocenters. The van der Waals surface area contributed by atoms with E-state index in [2.05, 4.69) is 46.3 Å². The Morgan fingerprint density at radius 2 is 1.81 bits per heavy atom. The van der Waals surface area contributed by atoms with Crippen LogP contribution in [0.2, 0.25) is 0 Å². The zero-order valence-corrected chi connectivity index (χ0v) is 18.0. The van der Waals surface area contributed by atoms with Crippen LogP contribution < -0.4 is 10.5 Å². The summed E-state index contributed by atoms with van der Waals surface area (Å²) in [6, 6.07) is 20.5. The van der Waals surface area contributed by atoms with Crippen molar-refractivity contribution in [2.75, 3.05) is 20.2 Å². The first-order valence-corrected chi connectivity index (χ1v) is 10.7. The number of carbonyl (C=O) groups is 1. The van der Waals surface area contributed by atoms with E-state index in [1.807, 2.05) is 30.5 Å². The summed E-state index contributed by atoms with van der Waals surface area (Å²) in [5.41, 5.74) is 10.0. The maximum absolute atomic E-state index is 12.5. The van der Waals surface area contributed by atoms with E-state index in [1.54, 1.807) is 13.3 Å². The minimum Gasteiger partial charge on any atom is -0.497 e. The van der Waals surface area contributed by atoms with Gasteiger partial charge < -0.3 is 10.5 Å². The fourth-order valence-corrected chi connectivity index (χ4v) is 4.42. The van der Waals surface area contributed by atoms with E-state index in [4.69, 9.17) is 10.5 Å². The molecule has 3 aromatic rings. The molecule has 0 aliphatic carbocycles. The van der Waals surface area contributed by atoms with Gasteiger partial charge in [-0.05, 0) is 72.8 Å². The van der Waals surface area contributed by atoms with Crippen molar-refractivity contribution in [1.82, 2.24) is 9.88 Å². The van der Waals surface area contributed by atoms with Crippen LogP contribution >= 0.6 is 0 Å². The lowest BCUT2D eigenvalue weighted by Crippen LogP contribution is -2.48. The van der Waals surface area contributed by atoms with Gasteiger partial charge in [0.1, 0.15) is 5.75 Å². The lowest BCUT2D eigenvalue weighted by molar-refractivity contribution is -0.130. The highest BCUT2D eigenvalue weighted by Gasteiger charge is 2.39. The number of nitrogens with two attached hydrogens (primary N) is 1. The highest BCUT2D eigenvalue weighted by Crippen LogP contribution is 2.36. The van der Waals surface area contributed by atoms with E-state index in [1.165, 1.54) is 5.56 Å². The van der Waals surface area contributed by atoms with Crippen LogP contribution in [0.1, 0.15) is 24.0 Å². The first-order chi connectivity index (χ1) is 15.1. The van der Waals surface area contributed by atoms with Gasteiger partial charge in [0.05, 0.1) is 12.5 Å². The molecule has 5 heteroatoms. The van der Waals surface area contributed by atoms with E-state index in [0.717, 1.165) is 54.9 Å². The molecule has 0 spiro atoms. The zero-order chi connectivity index (χ0) is 21.7. The molecule has 2 N–H and O–H groups in total. The van der Waals surface area contributed by atoms with Crippen molar-refractivity contribution in [2.24, 2.45) is 11.1 Å². The second-order valence-corrected chi connectivity index (χ2v) is 8.39. The van der Waals surface area contributed by atoms with Gasteiger partial charge in [0, 0.05) is 18.9 Å². The summed E-state index contributed by atoms with van der Waals surface area (Å²) >= 11 is 0. The molecule has 1 saturated heterocycles. The van der Waals surface area contributed by atoms with Crippen molar-refractivity contribution < 1.29 is 9.53 Å². The monoisotopic (exact) mass is 415 g/mol. The summed E-state index contributed by atoms with van der Waals surface area (Å²) in [5, 5.41) is 0. The number of amides is 1. The fourth-order valence-electron chi connectivity index (χ4n) is 4.42. The number of rotatable bonds is 7. The van der Waals surface area contributed by atoms with Gasteiger partial charge in [0.2, 0.25) is 5.91 Å². The van der Waals surface area contributed by atoms with Gasteiger partial charge in [-0.2, -0.15) is 0 Å². The summed E-state index contributed by atoms with van der Waals surface area (Å²) in [5.74, 6) is 0.681. The number of pyridine rings is 1. The summed E-state index contributed by atoms with van der Waals surface area (Å²) in [6.07, 6.45) is 5.86. The minimum absolute atomic E-state index is 0.190. The SMILES string of the molecule is COc1cccc(CN2CCC(Cc3ccc(-c4cccnc4)cc3)(C(N)=O)CC2)c1. The number of hydrogen-bond donors (Lipinski definition) is 1. The molecule has 0 atom stereocenters. The minimum atomic E-state index is -0.485. The van der Waals surface area contributed by atoms with Gasteiger partial charge in [-0.25, -0.2) is 0 Å². The molecule has 4 rings (SSSR count). The number of primary amides is 1. The molecule has 2 heterocycles. The molecule has 1 amide bonds. The van der Waals surface area contributed by atoms with Gasteiger partial charge in [0.25, 0.3) is 0 Å². The Labute approximate surface area is 183 Å². The van der Waals surface area contributed by atoms with E-state index in [0.29, 0.717) is 6.42 Å². The van der Waals surface area contributed by atoms with E-state index < -0.39 is 5.41 Å². The third-order valence-corrected chi connectivity index (χ3v) is 6.37. The van der Waals surface area contributed by atoms with Crippen LogP contribution in [-0.4, -0.2) is 36.0 Å². The predicted octanol–water partition coefficient (Wildman–Crippen LogP) is 4.07. The Kier molecular flexibility index (Phi) is 6.33. The molecule has 5 nitrogen and oxygen atoms in total. The second-order valence-electron chi connectivity index (χ2n) is 8.39. The highest BCUT2D eigenvalue weighted by molar-refractivity contribution is 5.81. The molecule has 0 radical (unpaired) electrons. The van der Waals surface area contributed by atoms with Crippen LogP contribution in [0.5, 0.6) is 5.75 Å². The fraction of sp³-hybridized carbons (Fsp3) is 0.308. The first kappa shape index (κ1) is 21.1. The smallest absolute Gasteiger partial charge is 0.224 e. The number of aromatic nitrogens is 1. The molecule has 31 heavy (non-hydrogen) atoms. The molecular formula is C26H29N3O2. The van der Waals surface area contributed by atoms with Gasteiger partial charge in [-0.15, -0.1) is 0 Å². The van der Waals surface area contributed by atoms with E-state index in [9.17, 15) is 4.79 Å². The zero-order valence-electron chi connectivity index (χ0n) is 18.0. The number of methoxy groups -OCH3 is 1. The molecule has 0 saturated carbocycles. The Hall–Kier alpha value is -3.18. The Balaban J connectivity index is 1.41. The lowest BCUT2D eigenvalue weighted by Gasteiger charge is -2.40. The van der Waals surface area contributed by atoms with Crippen molar-refractivity contribution in [3.63, 3.8) is 0 Å². The predicted molar refractivity (Wildman–Crippen MR) is 123 cm³/mol. The standard InChI is InChI=1S/C26H29N3O2/c1-31-24-6-2-4-21(16-24)19-29-14-11-26(12-15-29,25(27)30)17-20-7-9-22(10-8-20)23-5-3-13-28-18-23/h2-10,13,16,18H,11-12,14-15,17,19H2,1H3,(H2,27,30). The Morgan fingerprint density at radius 3 is 2.45 bits per heavy atom. The molecule has 1 aliphatic heterocycles.